The molecule has 1 amide bonds. The smallest absolute Gasteiger partial charge is 0.219 e. The number of amides is 1. The van der Waals surface area contributed by atoms with Gasteiger partial charge in [0.25, 0.3) is 0 Å². The van der Waals surface area contributed by atoms with E-state index in [9.17, 15) is 25.2 Å². The summed E-state index contributed by atoms with van der Waals surface area (Å²) < 4.78 is 2.47. The first kappa shape index (κ1) is 71.3. The summed E-state index contributed by atoms with van der Waals surface area (Å²) in [6, 6.07) is 25.6. The number of nitrogens with one attached hydrogen (secondary N) is 1. The van der Waals surface area contributed by atoms with Gasteiger partial charge in [-0.3, -0.25) is 16.0 Å². The van der Waals surface area contributed by atoms with Gasteiger partial charge < -0.3 is 40.2 Å². The molecule has 0 unspecified atom stereocenters. The molecule has 0 aromatic heterocycles. The van der Waals surface area contributed by atoms with Gasteiger partial charge in [-0.05, 0) is 145 Å². The number of aromatic hydroxyl groups is 4. The van der Waals surface area contributed by atoms with Crippen LogP contribution in [0.2, 0.25) is 0 Å². The second-order valence-electron chi connectivity index (χ2n) is 28.3. The van der Waals surface area contributed by atoms with Crippen molar-refractivity contribution in [2.24, 2.45) is 21.7 Å². The van der Waals surface area contributed by atoms with Gasteiger partial charge in [0.2, 0.25) is 5.91 Å². The Bertz CT molecular complexity index is 3020. The van der Waals surface area contributed by atoms with Crippen LogP contribution in [0.4, 0.5) is 0 Å². The molecular weight excluding hydrogens is 1130 g/mol. The van der Waals surface area contributed by atoms with Gasteiger partial charge >= 0.3 is 0 Å². The third-order valence-corrected chi connectivity index (χ3v) is 23.6. The van der Waals surface area contributed by atoms with Crippen molar-refractivity contribution in [3.05, 3.63) is 117 Å². The summed E-state index contributed by atoms with van der Waals surface area (Å²) in [4.78, 5) is 34.0. The molecular formula is C73H108N4O7Y. The number of nitrogens with zero attached hydrogens (tertiary/aromatic N) is 3. The summed E-state index contributed by atoms with van der Waals surface area (Å²) in [5, 5.41) is 44.4. The number of phenolic OH excluding ortho intramolecular Hbond substituents is 4. The van der Waals surface area contributed by atoms with Gasteiger partial charge in [-0.15, -0.1) is 0 Å². The van der Waals surface area contributed by atoms with Crippen LogP contribution in [0.5, 0.6) is 23.0 Å². The Morgan fingerprint density at radius 3 is 1.36 bits per heavy atom. The maximum absolute atomic E-state index is 12.0. The summed E-state index contributed by atoms with van der Waals surface area (Å²) in [6.07, 6.45) is 13.8. The minimum absolute atomic E-state index is 0. The average molecular weight is 1240 g/mol. The van der Waals surface area contributed by atoms with E-state index in [2.05, 4.69) is 156 Å². The molecule has 4 saturated heterocycles. The standard InChI is InChI=1S/C17H23NO2.C17H25NO.C17H23NO.C15H21NO.C3H8.C2H4O.C2H3O.Y/c1-11(19)18-9-8-17(4)13-6-5-7-14(20)12(13)10-15(18)16(17,2)3;2*1-5-18-10-9-17(4)13-7-6-8-14(19)12(13)11-15(18)16(17,2)3;1-14(2)13-9-10-11(5-4-6-12(10)17)15(14,3)7-8-16-13;1-3-2;2*1-2-3;/h5-7,15,20H,8-10H2,1-4H3;6-8,15,19H,5,9-11H2,1-4H3;5-8,15H,9-11H2,1-4H3;4-6,13,16-17H,7-9H2,1-3H3;3H2,1-2H3;2H,1H3;1H3;/q;;;;;;-1;/p+1/t3*15-,17+;13-,15+;;;;/m1111..../s1. The zero-order valence-electron chi connectivity index (χ0n) is 55.7. The number of likely N-dealkylation sites (tertiary alicyclic amines) is 2. The number of likely N-dealkylation sites (N-methyl/N-ethyl adjacent to an activating group) is 1. The normalized spacial score (nSPS) is 29.6. The average Bonchev–Trinajstić information content (AvgIpc) is 0.806. The summed E-state index contributed by atoms with van der Waals surface area (Å²) in [6.45, 7) is 46.6. The molecule has 8 atom stereocenters. The molecule has 4 aliphatic heterocycles. The van der Waals surface area contributed by atoms with E-state index < -0.39 is 0 Å². The Morgan fingerprint density at radius 2 is 0.953 bits per heavy atom. The van der Waals surface area contributed by atoms with E-state index in [1.54, 1.807) is 13.0 Å². The molecule has 1 radical (unpaired) electrons. The van der Waals surface area contributed by atoms with Gasteiger partial charge in [-0.2, -0.15) is 6.92 Å². The summed E-state index contributed by atoms with van der Waals surface area (Å²) in [5.41, 5.74) is 11.2. The molecule has 8 bridgehead atoms. The van der Waals surface area contributed by atoms with Crippen LogP contribution in [0.1, 0.15) is 208 Å². The molecule has 4 aromatic rings. The first-order valence-electron chi connectivity index (χ1n) is 31.6. The molecule has 4 heterocycles. The van der Waals surface area contributed by atoms with Gasteiger partial charge in [0.1, 0.15) is 42.0 Å². The van der Waals surface area contributed by atoms with E-state index in [0.29, 0.717) is 41.1 Å². The number of carbonyl (C=O) groups is 2. The fourth-order valence-electron chi connectivity index (χ4n) is 16.8. The third kappa shape index (κ3) is 12.4. The van der Waals surface area contributed by atoms with Crippen LogP contribution in [0.15, 0.2) is 72.8 Å². The number of piperidine rings is 4. The van der Waals surface area contributed by atoms with Crippen LogP contribution >= 0.6 is 0 Å². The van der Waals surface area contributed by atoms with Crippen LogP contribution in [-0.4, -0.2) is 116 Å². The summed E-state index contributed by atoms with van der Waals surface area (Å²) in [5.74, 6) is 1.95. The maximum atomic E-state index is 12.0. The van der Waals surface area contributed by atoms with Gasteiger partial charge in [0, 0.05) is 117 Å². The molecule has 12 rings (SSSR count). The SMILES string of the molecule is CC(=O)N1CC[C@@]2(C)c3cccc(O)c3C[C@@H]1C2(C)C.CC1(C)[C@H]2Cc3c(O)cccc3[C@]1(C)CCN2.CC=O.CC=[N+]1CC[C@@]2(C)c3cccc(O)c3C[C@@H]1C2(C)C.CCC.CCN1CC[C@@]2(C)c3cccc(O)c3C[C@@H]1C2(C)C.C[C-]=O.[Y]. The fourth-order valence-corrected chi connectivity index (χ4v) is 16.8. The van der Waals surface area contributed by atoms with E-state index in [1.165, 1.54) is 72.9 Å². The fraction of sp³-hybridized carbons (Fsp3) is 0.616. The van der Waals surface area contributed by atoms with Crippen LogP contribution in [-0.2, 0) is 94.4 Å². The first-order chi connectivity index (χ1) is 39.3. The molecule has 85 heavy (non-hydrogen) atoms. The van der Waals surface area contributed by atoms with Crippen molar-refractivity contribution in [3.8, 4) is 23.0 Å². The summed E-state index contributed by atoms with van der Waals surface area (Å²) in [7, 11) is 0. The Labute approximate surface area is 538 Å². The van der Waals surface area contributed by atoms with Crippen molar-refractivity contribution in [1.82, 2.24) is 15.1 Å². The third-order valence-electron chi connectivity index (χ3n) is 23.6. The Balaban J connectivity index is 0.000000197. The molecule has 0 saturated carbocycles. The van der Waals surface area contributed by atoms with Crippen molar-refractivity contribution in [1.29, 1.82) is 0 Å². The number of phenols is 4. The second-order valence-corrected chi connectivity index (χ2v) is 28.3. The molecule has 4 aromatic carbocycles. The number of hydrogen-bond acceptors (Lipinski definition) is 9. The van der Waals surface area contributed by atoms with E-state index in [1.807, 2.05) is 47.4 Å². The quantitative estimate of drug-likeness (QED) is 0.0712. The Hall–Kier alpha value is -4.42. The number of fused-ring (bicyclic) bond motifs is 16. The van der Waals surface area contributed by atoms with Crippen LogP contribution < -0.4 is 5.32 Å². The molecule has 5 N–H and O–H groups in total. The molecule has 465 valence electrons. The molecule has 11 nitrogen and oxygen atoms in total. The summed E-state index contributed by atoms with van der Waals surface area (Å²) >= 11 is 0. The van der Waals surface area contributed by atoms with Crippen LogP contribution in [0, 0.1) is 21.7 Å². The van der Waals surface area contributed by atoms with E-state index in [0.717, 1.165) is 88.5 Å². The van der Waals surface area contributed by atoms with E-state index in [-0.39, 0.29) is 88.0 Å². The first-order valence-corrected chi connectivity index (χ1v) is 31.6. The topological polar surface area (TPSA) is 154 Å². The molecule has 12 heteroatoms. The van der Waals surface area contributed by atoms with Crippen molar-refractivity contribution < 1.29 is 72.1 Å². The van der Waals surface area contributed by atoms with Crippen LogP contribution in [0.3, 0.4) is 0 Å². The molecule has 4 fully saturated rings. The monoisotopic (exact) mass is 1240 g/mol. The molecule has 8 aliphatic rings. The molecule has 0 spiro atoms. The Morgan fingerprint density at radius 1 is 0.588 bits per heavy atom. The van der Waals surface area contributed by atoms with Gasteiger partial charge in [-0.1, -0.05) is 159 Å². The minimum atomic E-state index is 0. The van der Waals surface area contributed by atoms with Crippen molar-refractivity contribution in [2.75, 3.05) is 32.7 Å². The van der Waals surface area contributed by atoms with E-state index >= 15 is 0 Å². The van der Waals surface area contributed by atoms with Gasteiger partial charge in [0.15, 0.2) is 6.04 Å². The van der Waals surface area contributed by atoms with Crippen molar-refractivity contribution >= 4 is 24.7 Å². The number of hydrogen-bond donors (Lipinski definition) is 5. The number of carbonyl (C=O) groups excluding carboxylic acids is 3. The maximum Gasteiger partial charge on any atom is 0.219 e. The predicted octanol–water partition coefficient (Wildman–Crippen LogP) is 13.6. The largest absolute Gasteiger partial charge is 0.542 e. The van der Waals surface area contributed by atoms with Gasteiger partial charge in [0.05, 0.1) is 0 Å². The van der Waals surface area contributed by atoms with Crippen molar-refractivity contribution in [2.45, 2.75) is 235 Å². The predicted molar refractivity (Wildman–Crippen MR) is 344 cm³/mol. The number of aldehydes is 1. The number of rotatable bonds is 1. The van der Waals surface area contributed by atoms with Crippen molar-refractivity contribution in [3.63, 3.8) is 0 Å². The zero-order valence-corrected chi connectivity index (χ0v) is 58.6. The zero-order chi connectivity index (χ0) is 62.8. The van der Waals surface area contributed by atoms with E-state index in [4.69, 9.17) is 9.59 Å². The Kier molecular flexibility index (Phi) is 23.1. The molecule has 4 aliphatic carbocycles. The number of benzene rings is 4. The minimum Gasteiger partial charge on any atom is -0.542 e. The second kappa shape index (κ2) is 27.5. The van der Waals surface area contributed by atoms with Crippen LogP contribution in [0.25, 0.3) is 0 Å². The van der Waals surface area contributed by atoms with Gasteiger partial charge in [-0.25, -0.2) is 4.58 Å².